The number of para-hydroxylation sites is 1. The number of Topliss-reactive ketones (excluding diaryl/α,β-unsaturated/α-hetero) is 1. The second-order valence-corrected chi connectivity index (χ2v) is 11.1. The molecule has 3 rings (SSSR count). The number of nitrogens with zero attached hydrogens (tertiary/aromatic N) is 2. The summed E-state index contributed by atoms with van der Waals surface area (Å²) in [6.07, 6.45) is 6.22. The van der Waals surface area contributed by atoms with E-state index < -0.39 is 6.04 Å². The van der Waals surface area contributed by atoms with E-state index in [0.29, 0.717) is 49.6 Å². The summed E-state index contributed by atoms with van der Waals surface area (Å²) in [5.41, 5.74) is 14.4. The molecule has 4 N–H and O–H groups in total. The first kappa shape index (κ1) is 31.7. The third kappa shape index (κ3) is 7.88. The molecular weight excluding hydrogens is 516 g/mol. The zero-order chi connectivity index (χ0) is 29.0. The highest BCUT2D eigenvalue weighted by Crippen LogP contribution is 2.26. The Hall–Kier alpha value is -2.84. The highest BCUT2D eigenvalue weighted by molar-refractivity contribution is 7.80. The van der Waals surface area contributed by atoms with Crippen LogP contribution in [0.2, 0.25) is 0 Å². The van der Waals surface area contributed by atoms with Crippen LogP contribution in [0.1, 0.15) is 81.3 Å². The van der Waals surface area contributed by atoms with Crippen LogP contribution >= 0.6 is 12.2 Å². The van der Waals surface area contributed by atoms with Gasteiger partial charge < -0.3 is 11.5 Å². The molecule has 3 atom stereocenters. The van der Waals surface area contributed by atoms with Crippen molar-refractivity contribution < 1.29 is 14.1 Å². The average Bonchev–Trinajstić information content (AvgIpc) is 3.00. The van der Waals surface area contributed by atoms with Crippen molar-refractivity contribution in [2.24, 2.45) is 17.4 Å². The molecule has 0 aliphatic carbocycles. The number of rotatable bonds is 16. The van der Waals surface area contributed by atoms with Crippen LogP contribution < -0.4 is 11.5 Å². The second kappa shape index (κ2) is 15.8. The maximum Gasteiger partial charge on any atom is 0.336 e. The lowest BCUT2D eigenvalue weighted by Crippen LogP contribution is -2.63. The smallest absolute Gasteiger partial charge is 0.330 e. The Morgan fingerprint density at radius 1 is 0.875 bits per heavy atom. The van der Waals surface area contributed by atoms with Crippen molar-refractivity contribution in [2.45, 2.75) is 71.3 Å². The summed E-state index contributed by atoms with van der Waals surface area (Å²) >= 11 is 6.11. The van der Waals surface area contributed by atoms with E-state index in [4.69, 9.17) is 23.7 Å². The molecule has 0 bridgehead atoms. The van der Waals surface area contributed by atoms with Gasteiger partial charge in [-0.15, -0.1) is 0 Å². The first-order valence-electron chi connectivity index (χ1n) is 14.7. The topological polar surface area (TPSA) is 99.1 Å². The predicted octanol–water partition coefficient (Wildman–Crippen LogP) is 6.20. The number of nitrogens with two attached hydrogens (primary N) is 2. The Balaban J connectivity index is 1.95. The van der Waals surface area contributed by atoms with Crippen LogP contribution in [0.4, 0.5) is 0 Å². The van der Waals surface area contributed by atoms with Crippen molar-refractivity contribution in [1.82, 2.24) is 4.98 Å². The van der Waals surface area contributed by atoms with E-state index >= 15 is 0 Å². The van der Waals surface area contributed by atoms with Crippen molar-refractivity contribution in [2.75, 3.05) is 19.6 Å². The second-order valence-electron chi connectivity index (χ2n) is 10.7. The zero-order valence-corrected chi connectivity index (χ0v) is 24.9. The minimum absolute atomic E-state index is 0.00192. The summed E-state index contributed by atoms with van der Waals surface area (Å²) in [7, 11) is 0. The van der Waals surface area contributed by atoms with E-state index in [1.54, 1.807) is 0 Å². The summed E-state index contributed by atoms with van der Waals surface area (Å²) < 4.78 is -0.00192. The molecule has 2 aromatic carbocycles. The number of pyridine rings is 1. The van der Waals surface area contributed by atoms with Gasteiger partial charge in [0.05, 0.1) is 18.6 Å². The molecule has 1 aromatic heterocycles. The van der Waals surface area contributed by atoms with Gasteiger partial charge in [0.25, 0.3) is 0 Å². The van der Waals surface area contributed by atoms with E-state index in [9.17, 15) is 9.59 Å². The molecule has 0 saturated heterocycles. The van der Waals surface area contributed by atoms with E-state index in [1.807, 2.05) is 73.7 Å². The molecule has 0 aliphatic rings. The lowest BCUT2D eigenvalue weighted by molar-refractivity contribution is -0.762. The Bertz CT molecular complexity index is 1270. The number of hydrogen-bond donors (Lipinski definition) is 2. The predicted molar refractivity (Wildman–Crippen MR) is 168 cm³/mol. The van der Waals surface area contributed by atoms with Crippen molar-refractivity contribution >= 4 is 39.8 Å². The number of amides is 1. The number of thiocarbonyl (C=S) groups is 1. The van der Waals surface area contributed by atoms with Crippen LogP contribution in [0.15, 0.2) is 66.7 Å². The number of hydrogen-bond acceptors (Lipinski definition) is 6. The SMILES string of the molecule is CCCCC[N@@+](CCC(CC)C(=O)c1ccc2ccccc2n1)(C(=O)C(N)CCCCN)C(=S)c1ccccc1. The zero-order valence-electron chi connectivity index (χ0n) is 24.1. The van der Waals surface area contributed by atoms with Gasteiger partial charge in [-0.25, -0.2) is 14.3 Å². The van der Waals surface area contributed by atoms with Crippen LogP contribution in [0.25, 0.3) is 10.9 Å². The number of fused-ring (bicyclic) bond motifs is 1. The van der Waals surface area contributed by atoms with Crippen LogP contribution in [0, 0.1) is 5.92 Å². The molecule has 40 heavy (non-hydrogen) atoms. The minimum atomic E-state index is -0.646. The molecule has 0 spiro atoms. The molecule has 214 valence electrons. The molecule has 0 aliphatic heterocycles. The van der Waals surface area contributed by atoms with Crippen LogP contribution in [-0.4, -0.2) is 51.8 Å². The maximum atomic E-state index is 14.3. The Labute approximate surface area is 244 Å². The van der Waals surface area contributed by atoms with E-state index in [-0.39, 0.29) is 22.1 Å². The fraction of sp³-hybridized carbons (Fsp3) is 0.455. The standard InChI is InChI=1S/C33H45N4O2S/c1-3-5-13-23-37(32(39)28(35)17-11-12-22-34,33(40)27-15-7-6-8-16-27)24-21-25(4-2)31(38)30-20-19-26-14-9-10-18-29(26)36-30/h6-10,14-16,18-20,25,28H,3-5,11-13,17,21-24,34-35H2,1-2H3/q+1/t25?,28?,37-/m1/s1. The number of ketones is 1. The van der Waals surface area contributed by atoms with Crippen molar-refractivity contribution in [3.63, 3.8) is 0 Å². The lowest BCUT2D eigenvalue weighted by atomic mass is 9.93. The first-order valence-corrected chi connectivity index (χ1v) is 15.2. The lowest BCUT2D eigenvalue weighted by Gasteiger charge is -2.38. The molecule has 2 unspecified atom stereocenters. The molecule has 6 nitrogen and oxygen atoms in total. The molecular formula is C33H45N4O2S+. The number of carbonyl (C=O) groups excluding carboxylic acids is 2. The molecule has 1 heterocycles. The third-order valence-electron chi connectivity index (χ3n) is 7.83. The summed E-state index contributed by atoms with van der Waals surface area (Å²) in [4.78, 5) is 33.2. The summed E-state index contributed by atoms with van der Waals surface area (Å²) in [6.45, 7) is 5.74. The van der Waals surface area contributed by atoms with Gasteiger partial charge in [0.1, 0.15) is 11.7 Å². The minimum Gasteiger partial charge on any atom is -0.330 e. The highest BCUT2D eigenvalue weighted by atomic mass is 32.1. The monoisotopic (exact) mass is 561 g/mol. The van der Waals surface area contributed by atoms with Crippen LogP contribution in [0.5, 0.6) is 0 Å². The van der Waals surface area contributed by atoms with Crippen molar-refractivity contribution in [3.05, 3.63) is 78.0 Å². The van der Waals surface area contributed by atoms with Gasteiger partial charge in [-0.05, 0) is 81.6 Å². The average molecular weight is 562 g/mol. The largest absolute Gasteiger partial charge is 0.336 e. The van der Waals surface area contributed by atoms with Gasteiger partial charge in [-0.2, -0.15) is 0 Å². The maximum absolute atomic E-state index is 14.3. The molecule has 0 radical (unpaired) electrons. The number of quaternary nitrogens is 1. The fourth-order valence-electron chi connectivity index (χ4n) is 5.35. The molecule has 7 heteroatoms. The van der Waals surface area contributed by atoms with E-state index in [2.05, 4.69) is 11.9 Å². The Morgan fingerprint density at radius 2 is 1.60 bits per heavy atom. The van der Waals surface area contributed by atoms with Gasteiger partial charge in [0, 0.05) is 23.3 Å². The number of benzene rings is 2. The van der Waals surface area contributed by atoms with Crippen molar-refractivity contribution in [3.8, 4) is 0 Å². The Morgan fingerprint density at radius 3 is 2.30 bits per heavy atom. The number of aromatic nitrogens is 1. The summed E-state index contributed by atoms with van der Waals surface area (Å²) in [5.74, 6) is -0.337. The molecule has 0 saturated carbocycles. The quantitative estimate of drug-likeness (QED) is 0.0935. The number of carbonyl (C=O) groups is 2. The normalized spacial score (nSPS) is 14.4. The summed E-state index contributed by atoms with van der Waals surface area (Å²) in [5, 5.41) is 1.00. The van der Waals surface area contributed by atoms with Gasteiger partial charge in [-0.1, -0.05) is 62.7 Å². The van der Waals surface area contributed by atoms with Crippen LogP contribution in [0.3, 0.4) is 0 Å². The van der Waals surface area contributed by atoms with E-state index in [1.165, 1.54) is 0 Å². The van der Waals surface area contributed by atoms with Gasteiger partial charge >= 0.3 is 5.91 Å². The molecule has 3 aromatic rings. The first-order chi connectivity index (χ1) is 19.4. The van der Waals surface area contributed by atoms with Gasteiger partial charge in [0.15, 0.2) is 5.78 Å². The van der Waals surface area contributed by atoms with Gasteiger partial charge in [0.2, 0.25) is 4.99 Å². The van der Waals surface area contributed by atoms with Crippen LogP contribution in [-0.2, 0) is 4.79 Å². The molecule has 0 fully saturated rings. The molecule has 1 amide bonds. The summed E-state index contributed by atoms with van der Waals surface area (Å²) in [6, 6.07) is 20.7. The van der Waals surface area contributed by atoms with Crippen molar-refractivity contribution in [1.29, 1.82) is 0 Å². The number of unbranched alkanes of at least 4 members (excludes halogenated alkanes) is 3. The highest BCUT2D eigenvalue weighted by Gasteiger charge is 2.44. The van der Waals surface area contributed by atoms with Gasteiger partial charge in [-0.3, -0.25) is 4.79 Å². The fourth-order valence-corrected chi connectivity index (χ4v) is 5.76. The Kier molecular flexibility index (Phi) is 12.5. The van der Waals surface area contributed by atoms with E-state index in [0.717, 1.165) is 48.6 Å². The third-order valence-corrected chi connectivity index (χ3v) is 8.42.